The summed E-state index contributed by atoms with van der Waals surface area (Å²) in [6.45, 7) is 2.56. The molecule has 0 saturated carbocycles. The molecule has 0 amide bonds. The standard InChI is InChI=1S/C12H12Cl2N4/c1-8-4-3-5-9(16-8)7-18(2)11-10(13)6-15-12(14)17-11/h3-6H,7H2,1-2H3. The Morgan fingerprint density at radius 3 is 2.72 bits per heavy atom. The molecule has 0 atom stereocenters. The maximum atomic E-state index is 6.04. The molecule has 0 saturated heterocycles. The van der Waals surface area contributed by atoms with E-state index in [1.165, 1.54) is 6.20 Å². The largest absolute Gasteiger partial charge is 0.352 e. The third kappa shape index (κ3) is 3.09. The first-order chi connectivity index (χ1) is 8.56. The topological polar surface area (TPSA) is 41.9 Å². The van der Waals surface area contributed by atoms with Crippen LogP contribution in [0.4, 0.5) is 5.82 Å². The second-order valence-corrected chi connectivity index (χ2v) is 4.68. The Bertz CT molecular complexity index is 560. The molecular weight excluding hydrogens is 271 g/mol. The van der Waals surface area contributed by atoms with E-state index in [9.17, 15) is 0 Å². The average molecular weight is 283 g/mol. The van der Waals surface area contributed by atoms with Gasteiger partial charge in [0.15, 0.2) is 5.82 Å². The minimum atomic E-state index is 0.179. The van der Waals surface area contributed by atoms with Crippen LogP contribution in [-0.4, -0.2) is 22.0 Å². The number of halogens is 2. The van der Waals surface area contributed by atoms with Crippen LogP contribution in [0, 0.1) is 6.92 Å². The number of pyridine rings is 1. The zero-order chi connectivity index (χ0) is 13.1. The molecule has 0 aromatic carbocycles. The lowest BCUT2D eigenvalue weighted by molar-refractivity contribution is 0.855. The maximum absolute atomic E-state index is 6.04. The van der Waals surface area contributed by atoms with E-state index in [0.717, 1.165) is 11.4 Å². The highest BCUT2D eigenvalue weighted by molar-refractivity contribution is 6.33. The van der Waals surface area contributed by atoms with Gasteiger partial charge in [-0.3, -0.25) is 4.98 Å². The lowest BCUT2D eigenvalue weighted by Crippen LogP contribution is -2.19. The lowest BCUT2D eigenvalue weighted by atomic mass is 10.3. The van der Waals surface area contributed by atoms with Crippen molar-refractivity contribution in [2.24, 2.45) is 0 Å². The minimum absolute atomic E-state index is 0.179. The van der Waals surface area contributed by atoms with E-state index in [1.807, 2.05) is 37.1 Å². The number of hydrogen-bond acceptors (Lipinski definition) is 4. The predicted molar refractivity (Wildman–Crippen MR) is 73.1 cm³/mol. The Morgan fingerprint density at radius 2 is 2.00 bits per heavy atom. The third-order valence-electron chi connectivity index (χ3n) is 2.40. The Balaban J connectivity index is 2.21. The molecule has 2 heterocycles. The first-order valence-electron chi connectivity index (χ1n) is 5.38. The maximum Gasteiger partial charge on any atom is 0.224 e. The molecule has 2 aromatic heterocycles. The zero-order valence-electron chi connectivity index (χ0n) is 10.1. The molecule has 0 bridgehead atoms. The van der Waals surface area contributed by atoms with Gasteiger partial charge < -0.3 is 4.90 Å². The van der Waals surface area contributed by atoms with Gasteiger partial charge in [-0.1, -0.05) is 17.7 Å². The molecule has 0 aliphatic heterocycles. The monoisotopic (exact) mass is 282 g/mol. The first kappa shape index (κ1) is 13.1. The summed E-state index contributed by atoms with van der Waals surface area (Å²) in [6, 6.07) is 5.89. The van der Waals surface area contributed by atoms with Crippen molar-refractivity contribution in [3.05, 3.63) is 46.1 Å². The molecular formula is C12H12Cl2N4. The molecule has 18 heavy (non-hydrogen) atoms. The van der Waals surface area contributed by atoms with E-state index >= 15 is 0 Å². The van der Waals surface area contributed by atoms with Crippen LogP contribution in [-0.2, 0) is 6.54 Å². The van der Waals surface area contributed by atoms with Gasteiger partial charge in [0, 0.05) is 12.7 Å². The Hall–Kier alpha value is -1.39. The number of aryl methyl sites for hydroxylation is 1. The summed E-state index contributed by atoms with van der Waals surface area (Å²) >= 11 is 11.8. The third-order valence-corrected chi connectivity index (χ3v) is 2.85. The van der Waals surface area contributed by atoms with E-state index in [1.54, 1.807) is 0 Å². The van der Waals surface area contributed by atoms with Crippen LogP contribution in [0.3, 0.4) is 0 Å². The first-order valence-corrected chi connectivity index (χ1v) is 6.13. The van der Waals surface area contributed by atoms with Gasteiger partial charge in [-0.25, -0.2) is 4.98 Å². The van der Waals surface area contributed by atoms with Crippen LogP contribution in [0.1, 0.15) is 11.4 Å². The van der Waals surface area contributed by atoms with Gasteiger partial charge in [0.05, 0.1) is 18.4 Å². The van der Waals surface area contributed by atoms with Crippen LogP contribution in [0.25, 0.3) is 0 Å². The summed E-state index contributed by atoms with van der Waals surface area (Å²) in [6.07, 6.45) is 1.49. The molecule has 94 valence electrons. The smallest absolute Gasteiger partial charge is 0.224 e. The summed E-state index contributed by atoms with van der Waals surface area (Å²) in [7, 11) is 1.88. The summed E-state index contributed by atoms with van der Waals surface area (Å²) in [5.74, 6) is 0.597. The number of anilines is 1. The van der Waals surface area contributed by atoms with Gasteiger partial charge >= 0.3 is 0 Å². The van der Waals surface area contributed by atoms with Crippen molar-refractivity contribution in [1.29, 1.82) is 0 Å². The van der Waals surface area contributed by atoms with Crippen molar-refractivity contribution in [1.82, 2.24) is 15.0 Å². The van der Waals surface area contributed by atoms with E-state index in [0.29, 0.717) is 17.4 Å². The highest BCUT2D eigenvalue weighted by Crippen LogP contribution is 2.23. The van der Waals surface area contributed by atoms with Gasteiger partial charge in [-0.05, 0) is 30.7 Å². The fraction of sp³-hybridized carbons (Fsp3) is 0.250. The van der Waals surface area contributed by atoms with Crippen molar-refractivity contribution in [3.8, 4) is 0 Å². The highest BCUT2D eigenvalue weighted by Gasteiger charge is 2.10. The van der Waals surface area contributed by atoms with Crippen molar-refractivity contribution < 1.29 is 0 Å². The van der Waals surface area contributed by atoms with Crippen LogP contribution >= 0.6 is 23.2 Å². The molecule has 2 aromatic rings. The molecule has 0 N–H and O–H groups in total. The molecule has 4 nitrogen and oxygen atoms in total. The van der Waals surface area contributed by atoms with Crippen LogP contribution in [0.15, 0.2) is 24.4 Å². The second kappa shape index (κ2) is 5.50. The van der Waals surface area contributed by atoms with Gasteiger partial charge in [-0.15, -0.1) is 0 Å². The number of rotatable bonds is 3. The minimum Gasteiger partial charge on any atom is -0.352 e. The fourth-order valence-electron chi connectivity index (χ4n) is 1.61. The summed E-state index contributed by atoms with van der Waals surface area (Å²) in [5.41, 5.74) is 1.93. The quantitative estimate of drug-likeness (QED) is 0.812. The molecule has 0 fully saturated rings. The SMILES string of the molecule is Cc1cccc(CN(C)c2nc(Cl)ncc2Cl)n1. The van der Waals surface area contributed by atoms with Crippen molar-refractivity contribution in [2.75, 3.05) is 11.9 Å². The van der Waals surface area contributed by atoms with E-state index in [2.05, 4.69) is 15.0 Å². The highest BCUT2D eigenvalue weighted by atomic mass is 35.5. The van der Waals surface area contributed by atoms with Gasteiger partial charge in [0.1, 0.15) is 5.02 Å². The number of aromatic nitrogens is 3. The van der Waals surface area contributed by atoms with Crippen LogP contribution in [0.5, 0.6) is 0 Å². The normalized spacial score (nSPS) is 10.4. The van der Waals surface area contributed by atoms with E-state index < -0.39 is 0 Å². The van der Waals surface area contributed by atoms with Crippen LogP contribution < -0.4 is 4.90 Å². The molecule has 0 radical (unpaired) electrons. The average Bonchev–Trinajstić information content (AvgIpc) is 2.32. The van der Waals surface area contributed by atoms with Gasteiger partial charge in [-0.2, -0.15) is 4.98 Å². The lowest BCUT2D eigenvalue weighted by Gasteiger charge is -2.18. The van der Waals surface area contributed by atoms with Gasteiger partial charge in [0.25, 0.3) is 0 Å². The Kier molecular flexibility index (Phi) is 3.99. The molecule has 0 unspecified atom stereocenters. The van der Waals surface area contributed by atoms with E-state index in [4.69, 9.17) is 23.2 Å². The molecule has 6 heteroatoms. The van der Waals surface area contributed by atoms with Crippen molar-refractivity contribution in [2.45, 2.75) is 13.5 Å². The molecule has 0 spiro atoms. The van der Waals surface area contributed by atoms with Crippen molar-refractivity contribution in [3.63, 3.8) is 0 Å². The van der Waals surface area contributed by atoms with Crippen LogP contribution in [0.2, 0.25) is 10.3 Å². The van der Waals surface area contributed by atoms with E-state index in [-0.39, 0.29) is 5.28 Å². The summed E-state index contributed by atoms with van der Waals surface area (Å²) in [4.78, 5) is 14.3. The number of hydrogen-bond donors (Lipinski definition) is 0. The Labute approximate surface area is 116 Å². The number of nitrogens with zero attached hydrogens (tertiary/aromatic N) is 4. The zero-order valence-corrected chi connectivity index (χ0v) is 11.6. The molecule has 0 aliphatic carbocycles. The molecule has 2 rings (SSSR count). The van der Waals surface area contributed by atoms with Gasteiger partial charge in [0.2, 0.25) is 5.28 Å². The Morgan fingerprint density at radius 1 is 1.22 bits per heavy atom. The summed E-state index contributed by atoms with van der Waals surface area (Å²) < 4.78 is 0. The van der Waals surface area contributed by atoms with Crippen molar-refractivity contribution >= 4 is 29.0 Å². The molecule has 0 aliphatic rings. The predicted octanol–water partition coefficient (Wildman–Crippen LogP) is 3.12. The second-order valence-electron chi connectivity index (χ2n) is 3.94. The fourth-order valence-corrected chi connectivity index (χ4v) is 1.97. The summed E-state index contributed by atoms with van der Waals surface area (Å²) in [5, 5.41) is 0.646.